The van der Waals surface area contributed by atoms with Crippen molar-refractivity contribution in [3.05, 3.63) is 124 Å². The molecule has 2 aliphatic heterocycles. The first-order valence-corrected chi connectivity index (χ1v) is 15.1. The summed E-state index contributed by atoms with van der Waals surface area (Å²) in [6, 6.07) is 29.0. The Balaban J connectivity index is 1.05. The van der Waals surface area contributed by atoms with Crippen molar-refractivity contribution >= 4 is 35.1 Å². The molecule has 7 heteroatoms. The molecule has 3 atom stereocenters. The highest BCUT2D eigenvalue weighted by Crippen LogP contribution is 2.61. The van der Waals surface area contributed by atoms with Gasteiger partial charge >= 0.3 is 5.97 Å². The molecule has 218 valence electrons. The topological polar surface area (TPSA) is 84.0 Å². The number of hydrogen-bond acceptors (Lipinski definition) is 5. The van der Waals surface area contributed by atoms with Crippen LogP contribution in [0.2, 0.25) is 0 Å². The Morgan fingerprint density at radius 1 is 0.727 bits per heavy atom. The summed E-state index contributed by atoms with van der Waals surface area (Å²) in [5, 5.41) is 0. The molecule has 3 aliphatic carbocycles. The Morgan fingerprint density at radius 2 is 1.32 bits per heavy atom. The summed E-state index contributed by atoms with van der Waals surface area (Å²) in [7, 11) is 0. The van der Waals surface area contributed by atoms with Crippen LogP contribution in [0.4, 0.5) is 11.4 Å². The molecular formula is C37H30N2O5. The van der Waals surface area contributed by atoms with Gasteiger partial charge in [-0.2, -0.15) is 0 Å². The van der Waals surface area contributed by atoms with Crippen molar-refractivity contribution in [1.29, 1.82) is 0 Å². The van der Waals surface area contributed by atoms with Crippen molar-refractivity contribution in [2.24, 2.45) is 17.8 Å². The van der Waals surface area contributed by atoms with Crippen LogP contribution in [0.5, 0.6) is 5.75 Å². The van der Waals surface area contributed by atoms with Gasteiger partial charge in [0.2, 0.25) is 17.7 Å². The number of imide groups is 1. The standard InChI is InChI=1S/C37H30N2O5/c1-20-8-7-9-23(16-20)38-19-22(18-30(38)40)37(43)44-24-14-15-29(21(2)17-24)39-35(41)33-31-25-10-3-4-11-26(25)32(34(33)36(39)42)28-13-6-5-12-27(28)31/h3-17,22,31-34H,18-19H2,1-2H3/t22-,31?,32?,33-,34+/m0/s1. The zero-order valence-electron chi connectivity index (χ0n) is 24.4. The van der Waals surface area contributed by atoms with Gasteiger partial charge in [0.15, 0.2) is 0 Å². The van der Waals surface area contributed by atoms with Crippen LogP contribution >= 0.6 is 0 Å². The molecule has 0 unspecified atom stereocenters. The molecule has 4 aromatic rings. The number of benzene rings is 4. The van der Waals surface area contributed by atoms with Crippen molar-refractivity contribution < 1.29 is 23.9 Å². The zero-order valence-corrected chi connectivity index (χ0v) is 24.4. The fourth-order valence-corrected chi connectivity index (χ4v) is 7.97. The minimum atomic E-state index is -0.591. The third kappa shape index (κ3) is 3.81. The summed E-state index contributed by atoms with van der Waals surface area (Å²) in [5.41, 5.74) is 7.48. The van der Waals surface area contributed by atoms with E-state index in [0.717, 1.165) is 33.5 Å². The van der Waals surface area contributed by atoms with E-state index in [4.69, 9.17) is 4.74 Å². The summed E-state index contributed by atoms with van der Waals surface area (Å²) in [5.74, 6) is -2.53. The van der Waals surface area contributed by atoms with Crippen molar-refractivity contribution in [2.45, 2.75) is 32.1 Å². The summed E-state index contributed by atoms with van der Waals surface area (Å²) in [6.07, 6.45) is 0.0799. The van der Waals surface area contributed by atoms with Crippen LogP contribution in [-0.2, 0) is 19.2 Å². The highest BCUT2D eigenvalue weighted by atomic mass is 16.5. The highest BCUT2D eigenvalue weighted by molar-refractivity contribution is 6.23. The van der Waals surface area contributed by atoms with Crippen LogP contribution < -0.4 is 14.5 Å². The largest absolute Gasteiger partial charge is 0.426 e. The monoisotopic (exact) mass is 582 g/mol. The molecule has 0 aromatic heterocycles. The number of ether oxygens (including phenoxy) is 1. The molecule has 2 fully saturated rings. The van der Waals surface area contributed by atoms with Gasteiger partial charge in [-0.1, -0.05) is 60.7 Å². The number of anilines is 2. The van der Waals surface area contributed by atoms with E-state index in [0.29, 0.717) is 17.0 Å². The average Bonchev–Trinajstić information content (AvgIpc) is 3.54. The number of hydrogen-bond donors (Lipinski definition) is 0. The van der Waals surface area contributed by atoms with Crippen molar-refractivity contribution in [3.63, 3.8) is 0 Å². The first kappa shape index (κ1) is 26.6. The minimum Gasteiger partial charge on any atom is -0.426 e. The lowest BCUT2D eigenvalue weighted by atomic mass is 9.55. The number of nitrogens with zero attached hydrogens (tertiary/aromatic N) is 2. The maximum Gasteiger partial charge on any atom is 0.316 e. The summed E-state index contributed by atoms with van der Waals surface area (Å²) < 4.78 is 5.72. The minimum absolute atomic E-state index is 0.0799. The lowest BCUT2D eigenvalue weighted by Crippen LogP contribution is -2.41. The van der Waals surface area contributed by atoms with Crippen LogP contribution in [0.3, 0.4) is 0 Å². The Bertz CT molecular complexity index is 1800. The maximum atomic E-state index is 14.1. The van der Waals surface area contributed by atoms with Crippen LogP contribution in [0.15, 0.2) is 91.0 Å². The second-order valence-corrected chi connectivity index (χ2v) is 12.4. The number of carbonyl (C=O) groups is 4. The Kier molecular flexibility index (Phi) is 5.88. The number of amides is 3. The average molecular weight is 583 g/mol. The molecule has 0 N–H and O–H groups in total. The predicted molar refractivity (Wildman–Crippen MR) is 164 cm³/mol. The van der Waals surface area contributed by atoms with E-state index in [1.165, 1.54) is 4.90 Å². The number of esters is 1. The summed E-state index contributed by atoms with van der Waals surface area (Å²) in [4.78, 5) is 57.1. The highest BCUT2D eigenvalue weighted by Gasteiger charge is 2.61. The molecule has 0 radical (unpaired) electrons. The lowest BCUT2D eigenvalue weighted by molar-refractivity contribution is -0.139. The van der Waals surface area contributed by atoms with E-state index < -0.39 is 23.7 Å². The molecule has 2 saturated heterocycles. The van der Waals surface area contributed by atoms with Gasteiger partial charge in [-0.3, -0.25) is 19.2 Å². The van der Waals surface area contributed by atoms with Crippen molar-refractivity contribution in [1.82, 2.24) is 0 Å². The van der Waals surface area contributed by atoms with Gasteiger partial charge in [-0.15, -0.1) is 0 Å². The molecule has 3 amide bonds. The van der Waals surface area contributed by atoms with E-state index in [1.54, 1.807) is 23.1 Å². The predicted octanol–water partition coefficient (Wildman–Crippen LogP) is 5.66. The van der Waals surface area contributed by atoms with E-state index >= 15 is 0 Å². The van der Waals surface area contributed by atoms with Gasteiger partial charge in [-0.05, 0) is 77.6 Å². The van der Waals surface area contributed by atoms with E-state index in [1.807, 2.05) is 62.4 Å². The summed E-state index contributed by atoms with van der Waals surface area (Å²) in [6.45, 7) is 4.03. The Hall–Kier alpha value is -5.04. The molecule has 2 bridgehead atoms. The number of carbonyl (C=O) groups excluding carboxylic acids is 4. The van der Waals surface area contributed by atoms with Gasteiger partial charge in [0, 0.05) is 30.5 Å². The van der Waals surface area contributed by atoms with E-state index in [9.17, 15) is 19.2 Å². The molecule has 7 nitrogen and oxygen atoms in total. The third-order valence-electron chi connectivity index (χ3n) is 9.85. The first-order valence-electron chi connectivity index (χ1n) is 15.1. The zero-order chi connectivity index (χ0) is 30.3. The van der Waals surface area contributed by atoms with Gasteiger partial charge in [0.05, 0.1) is 23.4 Å². The second kappa shape index (κ2) is 9.74. The van der Waals surface area contributed by atoms with Gasteiger partial charge < -0.3 is 9.64 Å². The van der Waals surface area contributed by atoms with Crippen molar-refractivity contribution in [3.8, 4) is 5.75 Å². The van der Waals surface area contributed by atoms with Gasteiger partial charge in [0.25, 0.3) is 0 Å². The maximum absolute atomic E-state index is 14.1. The van der Waals surface area contributed by atoms with Crippen LogP contribution in [0, 0.1) is 31.6 Å². The smallest absolute Gasteiger partial charge is 0.316 e. The van der Waals surface area contributed by atoms with E-state index in [-0.39, 0.29) is 42.5 Å². The molecule has 4 aromatic carbocycles. The molecule has 2 heterocycles. The Morgan fingerprint density at radius 3 is 1.86 bits per heavy atom. The molecule has 9 rings (SSSR count). The van der Waals surface area contributed by atoms with Gasteiger partial charge in [0.1, 0.15) is 5.75 Å². The van der Waals surface area contributed by atoms with Crippen LogP contribution in [0.1, 0.15) is 51.6 Å². The number of aryl methyl sites for hydroxylation is 2. The fraction of sp³-hybridized carbons (Fsp3) is 0.243. The van der Waals surface area contributed by atoms with E-state index in [2.05, 4.69) is 24.3 Å². The molecule has 44 heavy (non-hydrogen) atoms. The Labute approximate surface area is 255 Å². The molecule has 0 spiro atoms. The van der Waals surface area contributed by atoms with Crippen LogP contribution in [-0.4, -0.2) is 30.2 Å². The van der Waals surface area contributed by atoms with Gasteiger partial charge in [-0.25, -0.2) is 4.90 Å². The quantitative estimate of drug-likeness (QED) is 0.176. The SMILES string of the molecule is Cc1cccc(N2C[C@@H](C(=O)Oc3ccc(N4C(=O)[C@@H]5C6c7ccccc7C(c7ccccc76)[C@@H]5C4=O)c(C)c3)CC2=O)c1. The van der Waals surface area contributed by atoms with Crippen LogP contribution in [0.25, 0.3) is 0 Å². The number of rotatable bonds is 4. The second-order valence-electron chi connectivity index (χ2n) is 12.4. The third-order valence-corrected chi connectivity index (χ3v) is 9.85. The summed E-state index contributed by atoms with van der Waals surface area (Å²) >= 11 is 0. The fourth-order valence-electron chi connectivity index (χ4n) is 7.97. The molecule has 0 saturated carbocycles. The normalized spacial score (nSPS) is 24.8. The first-order chi connectivity index (χ1) is 21.3. The lowest BCUT2D eigenvalue weighted by Gasteiger charge is -2.45. The van der Waals surface area contributed by atoms with Crippen molar-refractivity contribution in [2.75, 3.05) is 16.3 Å². The molecular weight excluding hydrogens is 552 g/mol. The molecule has 5 aliphatic rings.